The standard InChI is InChI=1S/C17H20N2O/c1-20-17-10-9-15(12-19-17)18-11-14-7-4-6-13-5-2-3-8-16(13)14/h2-3,5,8-10,12,14,18H,4,6-7,11H2,1H3. The van der Waals surface area contributed by atoms with Crippen LogP contribution < -0.4 is 10.1 Å². The number of anilines is 1. The van der Waals surface area contributed by atoms with Gasteiger partial charge in [-0.3, -0.25) is 0 Å². The molecule has 1 N–H and O–H groups in total. The van der Waals surface area contributed by atoms with Crippen LogP contribution in [0.1, 0.15) is 29.9 Å². The van der Waals surface area contributed by atoms with E-state index in [1.165, 1.54) is 30.4 Å². The van der Waals surface area contributed by atoms with Crippen molar-refractivity contribution in [2.24, 2.45) is 0 Å². The van der Waals surface area contributed by atoms with Crippen molar-refractivity contribution in [1.29, 1.82) is 0 Å². The van der Waals surface area contributed by atoms with Gasteiger partial charge in [0.25, 0.3) is 0 Å². The summed E-state index contributed by atoms with van der Waals surface area (Å²) in [7, 11) is 1.63. The van der Waals surface area contributed by atoms with Crippen LogP contribution in [0.5, 0.6) is 5.88 Å². The van der Waals surface area contributed by atoms with Crippen molar-refractivity contribution >= 4 is 5.69 Å². The lowest BCUT2D eigenvalue weighted by Gasteiger charge is -2.26. The SMILES string of the molecule is COc1ccc(NCC2CCCc3ccccc32)cn1. The molecule has 3 nitrogen and oxygen atoms in total. The largest absolute Gasteiger partial charge is 0.481 e. The van der Waals surface area contributed by atoms with Gasteiger partial charge in [0, 0.05) is 18.5 Å². The predicted molar refractivity (Wildman–Crippen MR) is 81.4 cm³/mol. The lowest BCUT2D eigenvalue weighted by Crippen LogP contribution is -2.18. The van der Waals surface area contributed by atoms with Crippen LogP contribution in [0, 0.1) is 0 Å². The maximum atomic E-state index is 5.07. The Kier molecular flexibility index (Phi) is 3.86. The lowest BCUT2D eigenvalue weighted by atomic mass is 9.83. The summed E-state index contributed by atoms with van der Waals surface area (Å²) < 4.78 is 5.07. The first-order valence-corrected chi connectivity index (χ1v) is 7.18. The number of nitrogens with one attached hydrogen (secondary N) is 1. The van der Waals surface area contributed by atoms with Crippen LogP contribution in [0.2, 0.25) is 0 Å². The molecule has 0 saturated carbocycles. The lowest BCUT2D eigenvalue weighted by molar-refractivity contribution is 0.398. The average Bonchev–Trinajstić information content (AvgIpc) is 2.53. The molecule has 0 radical (unpaired) electrons. The Morgan fingerprint density at radius 2 is 2.15 bits per heavy atom. The van der Waals surface area contributed by atoms with E-state index in [9.17, 15) is 0 Å². The smallest absolute Gasteiger partial charge is 0.213 e. The molecule has 1 aliphatic carbocycles. The molecule has 3 rings (SSSR count). The van der Waals surface area contributed by atoms with Crippen molar-refractivity contribution in [3.63, 3.8) is 0 Å². The normalized spacial score (nSPS) is 17.4. The van der Waals surface area contributed by atoms with Gasteiger partial charge < -0.3 is 10.1 Å². The molecule has 0 fully saturated rings. The number of hydrogen-bond donors (Lipinski definition) is 1. The van der Waals surface area contributed by atoms with Gasteiger partial charge in [0.15, 0.2) is 0 Å². The highest BCUT2D eigenvalue weighted by atomic mass is 16.5. The summed E-state index contributed by atoms with van der Waals surface area (Å²) in [4.78, 5) is 4.22. The van der Waals surface area contributed by atoms with E-state index in [-0.39, 0.29) is 0 Å². The summed E-state index contributed by atoms with van der Waals surface area (Å²) in [5.74, 6) is 1.25. The van der Waals surface area contributed by atoms with E-state index in [4.69, 9.17) is 4.74 Å². The third kappa shape index (κ3) is 2.77. The fraction of sp³-hybridized carbons (Fsp3) is 0.353. The number of aromatic nitrogens is 1. The molecule has 0 bridgehead atoms. The van der Waals surface area contributed by atoms with E-state index in [1.54, 1.807) is 7.11 Å². The molecule has 1 aliphatic rings. The minimum atomic E-state index is 0.599. The van der Waals surface area contributed by atoms with Crippen LogP contribution in [-0.4, -0.2) is 18.6 Å². The van der Waals surface area contributed by atoms with E-state index in [2.05, 4.69) is 34.6 Å². The van der Waals surface area contributed by atoms with Gasteiger partial charge in [0.05, 0.1) is 19.0 Å². The van der Waals surface area contributed by atoms with Crippen molar-refractivity contribution in [3.05, 3.63) is 53.7 Å². The van der Waals surface area contributed by atoms with Crippen molar-refractivity contribution in [1.82, 2.24) is 4.98 Å². The van der Waals surface area contributed by atoms with Crippen molar-refractivity contribution in [3.8, 4) is 5.88 Å². The van der Waals surface area contributed by atoms with Gasteiger partial charge in [-0.2, -0.15) is 0 Å². The molecular formula is C17H20N2O. The van der Waals surface area contributed by atoms with Crippen molar-refractivity contribution in [2.75, 3.05) is 19.0 Å². The minimum absolute atomic E-state index is 0.599. The third-order valence-corrected chi connectivity index (χ3v) is 3.99. The molecular weight excluding hydrogens is 248 g/mol. The fourth-order valence-corrected chi connectivity index (χ4v) is 2.91. The van der Waals surface area contributed by atoms with Crippen LogP contribution in [-0.2, 0) is 6.42 Å². The maximum absolute atomic E-state index is 5.07. The van der Waals surface area contributed by atoms with E-state index >= 15 is 0 Å². The Morgan fingerprint density at radius 1 is 1.25 bits per heavy atom. The van der Waals surface area contributed by atoms with Crippen LogP contribution in [0.15, 0.2) is 42.6 Å². The van der Waals surface area contributed by atoms with E-state index < -0.39 is 0 Å². The Bertz CT molecular complexity index is 565. The Labute approximate surface area is 120 Å². The second-order valence-corrected chi connectivity index (χ2v) is 5.26. The monoisotopic (exact) mass is 268 g/mol. The number of benzene rings is 1. The number of methoxy groups -OCH3 is 1. The molecule has 0 amide bonds. The molecule has 1 aromatic carbocycles. The topological polar surface area (TPSA) is 34.1 Å². The van der Waals surface area contributed by atoms with Crippen molar-refractivity contribution < 1.29 is 4.74 Å². The maximum Gasteiger partial charge on any atom is 0.213 e. The van der Waals surface area contributed by atoms with Crippen LogP contribution in [0.3, 0.4) is 0 Å². The quantitative estimate of drug-likeness (QED) is 0.919. The van der Waals surface area contributed by atoms with Gasteiger partial charge in [0.2, 0.25) is 5.88 Å². The minimum Gasteiger partial charge on any atom is -0.481 e. The average molecular weight is 268 g/mol. The third-order valence-electron chi connectivity index (χ3n) is 3.99. The summed E-state index contributed by atoms with van der Waals surface area (Å²) in [5, 5.41) is 3.49. The number of aryl methyl sites for hydroxylation is 1. The van der Waals surface area contributed by atoms with Gasteiger partial charge in [-0.05, 0) is 36.5 Å². The van der Waals surface area contributed by atoms with Crippen LogP contribution >= 0.6 is 0 Å². The zero-order chi connectivity index (χ0) is 13.8. The molecule has 20 heavy (non-hydrogen) atoms. The van der Waals surface area contributed by atoms with E-state index in [0.29, 0.717) is 11.8 Å². The Balaban J connectivity index is 1.66. The highest BCUT2D eigenvalue weighted by molar-refractivity contribution is 5.43. The molecule has 0 aliphatic heterocycles. The number of nitrogens with zero attached hydrogens (tertiary/aromatic N) is 1. The van der Waals surface area contributed by atoms with Gasteiger partial charge in [-0.1, -0.05) is 24.3 Å². The summed E-state index contributed by atoms with van der Waals surface area (Å²) in [6.45, 7) is 0.963. The summed E-state index contributed by atoms with van der Waals surface area (Å²) >= 11 is 0. The van der Waals surface area contributed by atoms with E-state index in [0.717, 1.165) is 12.2 Å². The first-order chi connectivity index (χ1) is 9.86. The second-order valence-electron chi connectivity index (χ2n) is 5.26. The highest BCUT2D eigenvalue weighted by Gasteiger charge is 2.19. The molecule has 1 unspecified atom stereocenters. The number of hydrogen-bond acceptors (Lipinski definition) is 3. The van der Waals surface area contributed by atoms with Gasteiger partial charge in [0.1, 0.15) is 0 Å². The fourth-order valence-electron chi connectivity index (χ4n) is 2.91. The molecule has 0 saturated heterocycles. The van der Waals surface area contributed by atoms with Gasteiger partial charge in [-0.15, -0.1) is 0 Å². The van der Waals surface area contributed by atoms with Crippen LogP contribution in [0.4, 0.5) is 5.69 Å². The van der Waals surface area contributed by atoms with Gasteiger partial charge >= 0.3 is 0 Å². The molecule has 3 heteroatoms. The summed E-state index contributed by atoms with van der Waals surface area (Å²) in [6, 6.07) is 12.7. The summed E-state index contributed by atoms with van der Waals surface area (Å²) in [5.41, 5.74) is 4.07. The number of pyridine rings is 1. The van der Waals surface area contributed by atoms with Crippen LogP contribution in [0.25, 0.3) is 0 Å². The molecule has 2 aromatic rings. The zero-order valence-corrected chi connectivity index (χ0v) is 11.8. The molecule has 1 heterocycles. The number of ether oxygens (including phenoxy) is 1. The van der Waals surface area contributed by atoms with Crippen molar-refractivity contribution in [2.45, 2.75) is 25.2 Å². The Hall–Kier alpha value is -2.03. The zero-order valence-electron chi connectivity index (χ0n) is 11.8. The molecule has 1 atom stereocenters. The van der Waals surface area contributed by atoms with Gasteiger partial charge in [-0.25, -0.2) is 4.98 Å². The first-order valence-electron chi connectivity index (χ1n) is 7.18. The second kappa shape index (κ2) is 5.95. The predicted octanol–water partition coefficient (Wildman–Crippen LogP) is 3.62. The highest BCUT2D eigenvalue weighted by Crippen LogP contribution is 2.31. The number of rotatable bonds is 4. The Morgan fingerprint density at radius 3 is 2.95 bits per heavy atom. The molecule has 1 aromatic heterocycles. The molecule has 104 valence electrons. The molecule has 0 spiro atoms. The number of fused-ring (bicyclic) bond motifs is 1. The van der Waals surface area contributed by atoms with E-state index in [1.807, 2.05) is 18.3 Å². The first kappa shape index (κ1) is 13.0. The summed E-state index contributed by atoms with van der Waals surface area (Å²) in [6.07, 6.45) is 5.59.